The van der Waals surface area contributed by atoms with Crippen LogP contribution in [0.15, 0.2) is 22.7 Å². The Morgan fingerprint density at radius 1 is 1.46 bits per heavy atom. The van der Waals surface area contributed by atoms with E-state index in [4.69, 9.17) is 14.8 Å². The Labute approximate surface area is 85.6 Å². The van der Waals surface area contributed by atoms with E-state index < -0.39 is 7.12 Å². The van der Waals surface area contributed by atoms with Gasteiger partial charge in [-0.1, -0.05) is 22.0 Å². The van der Waals surface area contributed by atoms with Crippen LogP contribution in [0.2, 0.25) is 0 Å². The normalized spacial score (nSPS) is 9.85. The molecule has 0 atom stereocenters. The van der Waals surface area contributed by atoms with Crippen LogP contribution in [0.3, 0.4) is 0 Å². The number of rotatable bonds is 3. The first-order valence-electron chi connectivity index (χ1n) is 3.94. The summed E-state index contributed by atoms with van der Waals surface area (Å²) < 4.78 is 5.86. The number of hydrogen-bond donors (Lipinski definition) is 2. The summed E-state index contributed by atoms with van der Waals surface area (Å²) in [6.07, 6.45) is 0. The van der Waals surface area contributed by atoms with Gasteiger partial charge in [0.25, 0.3) is 0 Å². The van der Waals surface area contributed by atoms with Crippen molar-refractivity contribution >= 4 is 28.5 Å². The molecule has 1 aromatic rings. The van der Waals surface area contributed by atoms with Gasteiger partial charge in [-0.25, -0.2) is 0 Å². The quantitative estimate of drug-likeness (QED) is 0.763. The Bertz CT molecular complexity index is 291. The third-order valence-electron chi connectivity index (χ3n) is 1.57. The molecule has 1 aromatic carbocycles. The molecule has 0 bridgehead atoms. The Balaban J connectivity index is 3.10. The predicted octanol–water partition coefficient (Wildman–Crippen LogP) is 0.528. The Morgan fingerprint density at radius 2 is 2.15 bits per heavy atom. The molecule has 0 spiro atoms. The van der Waals surface area contributed by atoms with Gasteiger partial charge in [0.15, 0.2) is 0 Å². The minimum Gasteiger partial charge on any atom is -0.494 e. The Hall–Kier alpha value is -0.515. The topological polar surface area (TPSA) is 49.7 Å². The highest BCUT2D eigenvalue weighted by atomic mass is 79.9. The summed E-state index contributed by atoms with van der Waals surface area (Å²) in [7, 11) is -1.52. The highest BCUT2D eigenvalue weighted by molar-refractivity contribution is 9.10. The highest BCUT2D eigenvalue weighted by Crippen LogP contribution is 2.15. The third kappa shape index (κ3) is 2.46. The van der Waals surface area contributed by atoms with E-state index in [1.54, 1.807) is 18.2 Å². The first-order chi connectivity index (χ1) is 6.16. The lowest BCUT2D eigenvalue weighted by molar-refractivity contribution is 0.339. The van der Waals surface area contributed by atoms with Gasteiger partial charge in [-0.2, -0.15) is 0 Å². The Morgan fingerprint density at radius 3 is 2.69 bits per heavy atom. The van der Waals surface area contributed by atoms with Crippen LogP contribution < -0.4 is 10.2 Å². The van der Waals surface area contributed by atoms with Crippen molar-refractivity contribution in [2.24, 2.45) is 0 Å². The number of benzene rings is 1. The maximum Gasteiger partial charge on any atom is 0.493 e. The molecule has 0 aliphatic heterocycles. The maximum absolute atomic E-state index is 9.06. The first kappa shape index (κ1) is 10.6. The van der Waals surface area contributed by atoms with Crippen molar-refractivity contribution in [3.63, 3.8) is 0 Å². The summed E-state index contributed by atoms with van der Waals surface area (Å²) in [5.74, 6) is 0.492. The van der Waals surface area contributed by atoms with Crippen LogP contribution in [-0.2, 0) is 0 Å². The molecule has 1 rings (SSSR count). The lowest BCUT2D eigenvalue weighted by Crippen LogP contribution is -2.32. The minimum atomic E-state index is -1.52. The van der Waals surface area contributed by atoms with Crippen LogP contribution in [0.25, 0.3) is 0 Å². The van der Waals surface area contributed by atoms with Crippen LogP contribution in [0.1, 0.15) is 6.92 Å². The predicted molar refractivity (Wildman–Crippen MR) is 55.1 cm³/mol. The van der Waals surface area contributed by atoms with Crippen molar-refractivity contribution in [3.05, 3.63) is 22.7 Å². The fourth-order valence-corrected chi connectivity index (χ4v) is 1.60. The monoisotopic (exact) mass is 244 g/mol. The van der Waals surface area contributed by atoms with E-state index in [9.17, 15) is 0 Å². The summed E-state index contributed by atoms with van der Waals surface area (Å²) >= 11 is 3.22. The molecule has 0 unspecified atom stereocenters. The van der Waals surface area contributed by atoms with Gasteiger partial charge in [0, 0.05) is 9.94 Å². The number of halogens is 1. The summed E-state index contributed by atoms with van der Waals surface area (Å²) in [5.41, 5.74) is 0.365. The summed E-state index contributed by atoms with van der Waals surface area (Å²) in [5, 5.41) is 18.1. The zero-order chi connectivity index (χ0) is 9.84. The molecule has 2 N–H and O–H groups in total. The molecule has 0 aliphatic rings. The van der Waals surface area contributed by atoms with Crippen LogP contribution in [0.4, 0.5) is 0 Å². The Kier molecular flexibility index (Phi) is 3.78. The second kappa shape index (κ2) is 4.65. The smallest absolute Gasteiger partial charge is 0.493 e. The van der Waals surface area contributed by atoms with Crippen molar-refractivity contribution in [2.75, 3.05) is 6.61 Å². The molecule has 0 amide bonds. The van der Waals surface area contributed by atoms with Gasteiger partial charge in [0.05, 0.1) is 6.61 Å². The van der Waals surface area contributed by atoms with Crippen molar-refractivity contribution in [1.82, 2.24) is 0 Å². The van der Waals surface area contributed by atoms with Gasteiger partial charge in [0.2, 0.25) is 0 Å². The molecule has 0 aromatic heterocycles. The van der Waals surface area contributed by atoms with Gasteiger partial charge in [-0.3, -0.25) is 0 Å². The molecule has 0 radical (unpaired) electrons. The molecular formula is C8H10BBrO3. The molecule has 5 heteroatoms. The molecule has 0 heterocycles. The fourth-order valence-electron chi connectivity index (χ4n) is 1.05. The average molecular weight is 245 g/mol. The van der Waals surface area contributed by atoms with Crippen molar-refractivity contribution in [2.45, 2.75) is 6.92 Å². The van der Waals surface area contributed by atoms with E-state index in [1.165, 1.54) is 0 Å². The summed E-state index contributed by atoms with van der Waals surface area (Å²) in [6, 6.07) is 5.21. The first-order valence-corrected chi connectivity index (χ1v) is 4.73. The molecular weight excluding hydrogens is 235 g/mol. The van der Waals surface area contributed by atoms with Gasteiger partial charge >= 0.3 is 7.12 Å². The van der Waals surface area contributed by atoms with Gasteiger partial charge in [-0.05, 0) is 19.1 Å². The van der Waals surface area contributed by atoms with Crippen LogP contribution in [0.5, 0.6) is 5.75 Å². The lowest BCUT2D eigenvalue weighted by atomic mass is 9.79. The number of hydrogen-bond acceptors (Lipinski definition) is 3. The lowest BCUT2D eigenvalue weighted by Gasteiger charge is -2.10. The van der Waals surface area contributed by atoms with E-state index in [2.05, 4.69) is 15.9 Å². The molecule has 13 heavy (non-hydrogen) atoms. The molecule has 0 saturated heterocycles. The number of ether oxygens (including phenoxy) is 1. The minimum absolute atomic E-state index is 0.365. The summed E-state index contributed by atoms with van der Waals surface area (Å²) in [4.78, 5) is 0. The largest absolute Gasteiger partial charge is 0.494 e. The van der Waals surface area contributed by atoms with E-state index >= 15 is 0 Å². The third-order valence-corrected chi connectivity index (χ3v) is 2.26. The zero-order valence-electron chi connectivity index (χ0n) is 7.20. The standard InChI is InChI=1S/C8H10BBrO3/c1-2-13-7-5-3-4-6(10)8(7)9(11)12/h3-5,11-12H,2H2,1H3. The fraction of sp³-hybridized carbons (Fsp3) is 0.250. The van der Waals surface area contributed by atoms with E-state index in [-0.39, 0.29) is 0 Å². The zero-order valence-corrected chi connectivity index (χ0v) is 8.78. The molecule has 0 fully saturated rings. The van der Waals surface area contributed by atoms with Crippen LogP contribution in [-0.4, -0.2) is 23.8 Å². The molecule has 3 nitrogen and oxygen atoms in total. The highest BCUT2D eigenvalue weighted by Gasteiger charge is 2.19. The van der Waals surface area contributed by atoms with Crippen molar-refractivity contribution < 1.29 is 14.8 Å². The average Bonchev–Trinajstić information content (AvgIpc) is 2.04. The second-order valence-corrected chi connectivity index (χ2v) is 3.31. The summed E-state index contributed by atoms with van der Waals surface area (Å²) in [6.45, 7) is 2.34. The van der Waals surface area contributed by atoms with Gasteiger partial charge in [0.1, 0.15) is 5.75 Å². The van der Waals surface area contributed by atoms with Gasteiger partial charge < -0.3 is 14.8 Å². The second-order valence-electron chi connectivity index (χ2n) is 2.46. The van der Waals surface area contributed by atoms with Crippen molar-refractivity contribution in [1.29, 1.82) is 0 Å². The van der Waals surface area contributed by atoms with Crippen molar-refractivity contribution in [3.8, 4) is 5.75 Å². The van der Waals surface area contributed by atoms with E-state index in [1.807, 2.05) is 6.92 Å². The van der Waals surface area contributed by atoms with E-state index in [0.29, 0.717) is 22.3 Å². The molecule has 0 saturated carbocycles. The molecule has 0 aliphatic carbocycles. The SMILES string of the molecule is CCOc1cccc(Br)c1B(O)O. The van der Waals surface area contributed by atoms with E-state index in [0.717, 1.165) is 0 Å². The maximum atomic E-state index is 9.06. The molecule has 70 valence electrons. The van der Waals surface area contributed by atoms with Crippen LogP contribution in [0, 0.1) is 0 Å². The van der Waals surface area contributed by atoms with Gasteiger partial charge in [-0.15, -0.1) is 0 Å². The van der Waals surface area contributed by atoms with Crippen LogP contribution >= 0.6 is 15.9 Å².